The highest BCUT2D eigenvalue weighted by Crippen LogP contribution is 2.19. The van der Waals surface area contributed by atoms with Gasteiger partial charge in [0, 0.05) is 30.8 Å². The van der Waals surface area contributed by atoms with E-state index >= 15 is 0 Å². The lowest BCUT2D eigenvalue weighted by atomic mass is 10.1. The minimum Gasteiger partial charge on any atom is -0.444 e. The van der Waals surface area contributed by atoms with Crippen LogP contribution in [0.1, 0.15) is 50.5 Å². The fourth-order valence-corrected chi connectivity index (χ4v) is 2.28. The van der Waals surface area contributed by atoms with Gasteiger partial charge in [-0.15, -0.1) is 0 Å². The van der Waals surface area contributed by atoms with Crippen LogP contribution in [0.3, 0.4) is 0 Å². The fourth-order valence-electron chi connectivity index (χ4n) is 2.28. The number of amides is 2. The lowest BCUT2D eigenvalue weighted by Gasteiger charge is -2.27. The number of nitro groups is 1. The number of carbonyl (C=O) groups excluding carboxylic acids is 2. The minimum absolute atomic E-state index is 0.112. The second kappa shape index (κ2) is 10.0. The topological polar surface area (TPSA) is 120 Å². The highest BCUT2D eigenvalue weighted by atomic mass is 16.6. The molecule has 160 valence electrons. The molecule has 1 aromatic carbocycles. The van der Waals surface area contributed by atoms with E-state index < -0.39 is 22.2 Å². The van der Waals surface area contributed by atoms with Crippen LogP contribution in [0.25, 0.3) is 6.08 Å². The quantitative estimate of drug-likeness (QED) is 0.368. The lowest BCUT2D eigenvalue weighted by Crippen LogP contribution is -2.43. The zero-order chi connectivity index (χ0) is 22.2. The first kappa shape index (κ1) is 24.1. The summed E-state index contributed by atoms with van der Waals surface area (Å²) in [7, 11) is 0. The Hall–Kier alpha value is -2.94. The van der Waals surface area contributed by atoms with Gasteiger partial charge >= 0.3 is 6.09 Å². The van der Waals surface area contributed by atoms with Crippen molar-refractivity contribution in [2.24, 2.45) is 0 Å². The van der Waals surface area contributed by atoms with E-state index in [1.807, 2.05) is 0 Å². The molecule has 0 bridgehead atoms. The van der Waals surface area contributed by atoms with Crippen LogP contribution in [0.2, 0.25) is 0 Å². The molecule has 1 aromatic rings. The third kappa shape index (κ3) is 8.73. The molecule has 0 spiro atoms. The third-order valence-electron chi connectivity index (χ3n) is 3.65. The van der Waals surface area contributed by atoms with Crippen molar-refractivity contribution in [1.82, 2.24) is 10.6 Å². The Balaban J connectivity index is 2.49. The number of hydrogen-bond acceptors (Lipinski definition) is 6. The molecule has 2 N–H and O–H groups in total. The van der Waals surface area contributed by atoms with Gasteiger partial charge in [-0.25, -0.2) is 4.79 Å². The highest BCUT2D eigenvalue weighted by molar-refractivity contribution is 5.98. The molecule has 0 saturated heterocycles. The highest BCUT2D eigenvalue weighted by Gasteiger charge is 2.22. The van der Waals surface area contributed by atoms with E-state index in [4.69, 9.17) is 9.47 Å². The Morgan fingerprint density at radius 2 is 1.86 bits per heavy atom. The van der Waals surface area contributed by atoms with Crippen molar-refractivity contribution in [3.63, 3.8) is 0 Å². The SMILES string of the molecule is C=Cc1cc([N+](=O)[O-])ccc1C(=O)NCCOC(C)(C)CNC(=O)OC(C)(C)C. The molecule has 0 radical (unpaired) electrons. The Morgan fingerprint density at radius 1 is 1.21 bits per heavy atom. The van der Waals surface area contributed by atoms with Gasteiger partial charge in [-0.2, -0.15) is 0 Å². The van der Waals surface area contributed by atoms with E-state index in [2.05, 4.69) is 17.2 Å². The third-order valence-corrected chi connectivity index (χ3v) is 3.65. The molecule has 0 aliphatic carbocycles. The van der Waals surface area contributed by atoms with Gasteiger partial charge in [0.1, 0.15) is 5.60 Å². The van der Waals surface area contributed by atoms with Crippen LogP contribution in [0, 0.1) is 10.1 Å². The number of non-ortho nitro benzene ring substituents is 1. The molecule has 29 heavy (non-hydrogen) atoms. The molecule has 0 aliphatic rings. The number of rotatable bonds is 9. The van der Waals surface area contributed by atoms with E-state index in [0.717, 1.165) is 0 Å². The van der Waals surface area contributed by atoms with Gasteiger partial charge in [0.05, 0.1) is 17.1 Å². The summed E-state index contributed by atoms with van der Waals surface area (Å²) in [5.41, 5.74) is -0.696. The first-order valence-electron chi connectivity index (χ1n) is 9.14. The molecular weight excluding hydrogens is 378 g/mol. The number of carbonyl (C=O) groups is 2. The van der Waals surface area contributed by atoms with Gasteiger partial charge in [0.25, 0.3) is 11.6 Å². The molecule has 1 rings (SSSR count). The summed E-state index contributed by atoms with van der Waals surface area (Å²) in [6.07, 6.45) is 0.863. The Kier molecular flexibility index (Phi) is 8.32. The van der Waals surface area contributed by atoms with Crippen molar-refractivity contribution in [1.29, 1.82) is 0 Å². The standard InChI is InChI=1S/C20H29N3O6/c1-7-14-12-15(23(26)27)8-9-16(14)17(24)21-10-11-28-20(5,6)13-22-18(25)29-19(2,3)4/h7-9,12H,1,10-11,13H2,2-6H3,(H,21,24)(H,22,25). The maximum Gasteiger partial charge on any atom is 0.407 e. The van der Waals surface area contributed by atoms with Crippen LogP contribution in [-0.2, 0) is 9.47 Å². The number of nitro benzene ring substituents is 1. The number of ether oxygens (including phenoxy) is 2. The van der Waals surface area contributed by atoms with E-state index in [1.165, 1.54) is 24.3 Å². The second-order valence-electron chi connectivity index (χ2n) is 7.95. The van der Waals surface area contributed by atoms with Gasteiger partial charge < -0.3 is 20.1 Å². The van der Waals surface area contributed by atoms with Crippen LogP contribution < -0.4 is 10.6 Å². The van der Waals surface area contributed by atoms with Crippen LogP contribution in [0.4, 0.5) is 10.5 Å². The van der Waals surface area contributed by atoms with Crippen LogP contribution in [0.15, 0.2) is 24.8 Å². The van der Waals surface area contributed by atoms with Crippen LogP contribution >= 0.6 is 0 Å². The monoisotopic (exact) mass is 407 g/mol. The smallest absolute Gasteiger partial charge is 0.407 e. The summed E-state index contributed by atoms with van der Waals surface area (Å²) < 4.78 is 10.9. The summed E-state index contributed by atoms with van der Waals surface area (Å²) in [5.74, 6) is -0.386. The first-order valence-corrected chi connectivity index (χ1v) is 9.14. The first-order chi connectivity index (χ1) is 13.3. The Morgan fingerprint density at radius 3 is 2.41 bits per heavy atom. The fraction of sp³-hybridized carbons (Fsp3) is 0.500. The minimum atomic E-state index is -0.665. The molecule has 0 aliphatic heterocycles. The van der Waals surface area contributed by atoms with Crippen LogP contribution in [0.5, 0.6) is 0 Å². The van der Waals surface area contributed by atoms with Crippen LogP contribution in [-0.4, -0.2) is 47.8 Å². The number of alkyl carbamates (subject to hydrolysis) is 1. The molecule has 0 unspecified atom stereocenters. The summed E-state index contributed by atoms with van der Waals surface area (Å²) in [5, 5.41) is 16.2. The predicted molar refractivity (Wildman–Crippen MR) is 110 cm³/mol. The summed E-state index contributed by atoms with van der Waals surface area (Å²) in [6, 6.07) is 3.95. The normalized spacial score (nSPS) is 11.5. The molecule has 0 atom stereocenters. The Labute approximate surface area is 170 Å². The van der Waals surface area contributed by atoms with Gasteiger partial charge in [0.2, 0.25) is 0 Å². The molecule has 0 saturated carbocycles. The average Bonchev–Trinajstić information content (AvgIpc) is 2.61. The molecule has 0 heterocycles. The molecule has 9 nitrogen and oxygen atoms in total. The van der Waals surface area contributed by atoms with E-state index in [9.17, 15) is 19.7 Å². The van der Waals surface area contributed by atoms with Crippen molar-refractivity contribution >= 4 is 23.8 Å². The number of nitrogens with one attached hydrogen (secondary N) is 2. The van der Waals surface area contributed by atoms with Crippen molar-refractivity contribution in [2.75, 3.05) is 19.7 Å². The maximum atomic E-state index is 12.3. The summed E-state index contributed by atoms with van der Waals surface area (Å²) in [4.78, 5) is 34.3. The van der Waals surface area contributed by atoms with E-state index in [0.29, 0.717) is 5.56 Å². The zero-order valence-corrected chi connectivity index (χ0v) is 17.5. The van der Waals surface area contributed by atoms with Crippen molar-refractivity contribution < 1.29 is 24.0 Å². The molecule has 9 heteroatoms. The largest absolute Gasteiger partial charge is 0.444 e. The number of hydrogen-bond donors (Lipinski definition) is 2. The molecule has 0 aromatic heterocycles. The van der Waals surface area contributed by atoms with Gasteiger partial charge in [-0.05, 0) is 46.2 Å². The second-order valence-corrected chi connectivity index (χ2v) is 7.95. The predicted octanol–water partition coefficient (Wildman–Crippen LogP) is 3.29. The summed E-state index contributed by atoms with van der Waals surface area (Å²) >= 11 is 0. The average molecular weight is 407 g/mol. The zero-order valence-electron chi connectivity index (χ0n) is 17.5. The number of nitrogens with zero attached hydrogens (tertiary/aromatic N) is 1. The Bertz CT molecular complexity index is 768. The van der Waals surface area contributed by atoms with Gasteiger partial charge in [0.15, 0.2) is 0 Å². The summed E-state index contributed by atoms with van der Waals surface area (Å²) in [6.45, 7) is 13.2. The van der Waals surface area contributed by atoms with E-state index in [-0.39, 0.29) is 36.9 Å². The molecule has 0 fully saturated rings. The molecular formula is C20H29N3O6. The van der Waals surface area contributed by atoms with Gasteiger partial charge in [-0.1, -0.05) is 12.7 Å². The van der Waals surface area contributed by atoms with Crippen molar-refractivity contribution in [3.8, 4) is 0 Å². The maximum absolute atomic E-state index is 12.3. The van der Waals surface area contributed by atoms with Gasteiger partial charge in [-0.3, -0.25) is 14.9 Å². The van der Waals surface area contributed by atoms with E-state index in [1.54, 1.807) is 34.6 Å². The molecule has 2 amide bonds. The van der Waals surface area contributed by atoms with Crippen molar-refractivity contribution in [3.05, 3.63) is 46.0 Å². The number of benzene rings is 1. The van der Waals surface area contributed by atoms with Crippen molar-refractivity contribution in [2.45, 2.75) is 45.8 Å². The lowest BCUT2D eigenvalue weighted by molar-refractivity contribution is -0.384.